The summed E-state index contributed by atoms with van der Waals surface area (Å²) in [6.45, 7) is 1.55. The highest BCUT2D eigenvalue weighted by molar-refractivity contribution is 5.95. The maximum absolute atomic E-state index is 11.5. The van der Waals surface area contributed by atoms with Gasteiger partial charge in [-0.15, -0.1) is 0 Å². The Balaban J connectivity index is 2.97. The van der Waals surface area contributed by atoms with Crippen molar-refractivity contribution in [2.75, 3.05) is 13.9 Å². The van der Waals surface area contributed by atoms with Crippen LogP contribution in [0.25, 0.3) is 0 Å². The van der Waals surface area contributed by atoms with E-state index in [1.807, 2.05) is 0 Å². The zero-order valence-corrected chi connectivity index (χ0v) is 9.02. The minimum absolute atomic E-state index is 0.0509. The van der Waals surface area contributed by atoms with Gasteiger partial charge in [0.05, 0.1) is 11.1 Å². The van der Waals surface area contributed by atoms with Crippen LogP contribution in [0.5, 0.6) is 0 Å². The van der Waals surface area contributed by atoms with Gasteiger partial charge in [-0.25, -0.2) is 9.59 Å². The minimum atomic E-state index is -1.08. The first-order valence-corrected chi connectivity index (χ1v) is 4.56. The maximum Gasteiger partial charge on any atom is 0.340 e. The van der Waals surface area contributed by atoms with E-state index in [9.17, 15) is 9.59 Å². The molecule has 0 aromatic heterocycles. The summed E-state index contributed by atoms with van der Waals surface area (Å²) in [6, 6.07) is 4.28. The van der Waals surface area contributed by atoms with Crippen LogP contribution in [0.3, 0.4) is 0 Å². The molecule has 1 rings (SSSR count). The van der Waals surface area contributed by atoms with Crippen molar-refractivity contribution in [3.05, 3.63) is 34.9 Å². The van der Waals surface area contributed by atoms with E-state index in [4.69, 9.17) is 9.84 Å². The van der Waals surface area contributed by atoms with Crippen molar-refractivity contribution < 1.29 is 24.2 Å². The predicted molar refractivity (Wildman–Crippen MR) is 55.4 cm³/mol. The molecule has 5 heteroatoms. The van der Waals surface area contributed by atoms with Crippen molar-refractivity contribution in [2.24, 2.45) is 0 Å². The molecule has 0 heterocycles. The molecule has 0 saturated heterocycles. The summed E-state index contributed by atoms with van der Waals surface area (Å²) >= 11 is 0. The quantitative estimate of drug-likeness (QED) is 0.619. The monoisotopic (exact) mass is 224 g/mol. The molecular weight excluding hydrogens is 212 g/mol. The number of benzene rings is 1. The lowest BCUT2D eigenvalue weighted by atomic mass is 10.1. The number of aromatic carboxylic acids is 1. The molecule has 0 spiro atoms. The second-order valence-electron chi connectivity index (χ2n) is 3.17. The van der Waals surface area contributed by atoms with Gasteiger partial charge in [-0.3, -0.25) is 0 Å². The van der Waals surface area contributed by atoms with E-state index >= 15 is 0 Å². The van der Waals surface area contributed by atoms with Crippen LogP contribution in [-0.4, -0.2) is 30.9 Å². The topological polar surface area (TPSA) is 72.8 Å². The van der Waals surface area contributed by atoms with Crippen LogP contribution >= 0.6 is 0 Å². The first-order chi connectivity index (χ1) is 7.56. The second-order valence-corrected chi connectivity index (χ2v) is 3.17. The molecule has 0 aliphatic carbocycles. The van der Waals surface area contributed by atoms with Gasteiger partial charge in [-0.05, 0) is 24.6 Å². The van der Waals surface area contributed by atoms with Gasteiger partial charge in [0.2, 0.25) is 0 Å². The standard InChI is InChI=1S/C11H12O5/c1-7-3-4-8(10(12)13)5-9(7)11(14)16-6-15-2/h3-5H,6H2,1-2H3,(H,12,13). The van der Waals surface area contributed by atoms with E-state index in [1.54, 1.807) is 13.0 Å². The Hall–Kier alpha value is -1.88. The van der Waals surface area contributed by atoms with Crippen molar-refractivity contribution in [3.63, 3.8) is 0 Å². The van der Waals surface area contributed by atoms with E-state index in [2.05, 4.69) is 4.74 Å². The number of hydrogen-bond acceptors (Lipinski definition) is 4. The van der Waals surface area contributed by atoms with Gasteiger partial charge in [0.25, 0.3) is 0 Å². The van der Waals surface area contributed by atoms with Gasteiger partial charge in [0.15, 0.2) is 6.79 Å². The number of rotatable bonds is 4. The highest BCUT2D eigenvalue weighted by Gasteiger charge is 2.13. The summed E-state index contributed by atoms with van der Waals surface area (Å²) in [7, 11) is 1.40. The third kappa shape index (κ3) is 2.80. The third-order valence-corrected chi connectivity index (χ3v) is 2.01. The van der Waals surface area contributed by atoms with Gasteiger partial charge in [-0.2, -0.15) is 0 Å². The molecule has 0 aliphatic heterocycles. The largest absolute Gasteiger partial charge is 0.478 e. The average molecular weight is 224 g/mol. The molecule has 0 aliphatic rings. The molecule has 1 N–H and O–H groups in total. The smallest absolute Gasteiger partial charge is 0.340 e. The fourth-order valence-corrected chi connectivity index (χ4v) is 1.17. The maximum atomic E-state index is 11.5. The molecule has 0 atom stereocenters. The van der Waals surface area contributed by atoms with Crippen molar-refractivity contribution in [3.8, 4) is 0 Å². The lowest BCUT2D eigenvalue weighted by Gasteiger charge is -2.06. The van der Waals surface area contributed by atoms with Crippen LogP contribution in [0.2, 0.25) is 0 Å². The van der Waals surface area contributed by atoms with Gasteiger partial charge in [0, 0.05) is 7.11 Å². The first-order valence-electron chi connectivity index (χ1n) is 4.56. The zero-order valence-electron chi connectivity index (χ0n) is 9.02. The van der Waals surface area contributed by atoms with Gasteiger partial charge >= 0.3 is 11.9 Å². The van der Waals surface area contributed by atoms with Crippen LogP contribution in [0, 0.1) is 6.92 Å². The lowest BCUT2D eigenvalue weighted by molar-refractivity contribution is -0.0125. The van der Waals surface area contributed by atoms with E-state index in [-0.39, 0.29) is 17.9 Å². The Morgan fingerprint density at radius 2 is 2.06 bits per heavy atom. The highest BCUT2D eigenvalue weighted by atomic mass is 16.7. The molecule has 1 aromatic carbocycles. The predicted octanol–water partition coefficient (Wildman–Crippen LogP) is 1.45. The summed E-state index contributed by atoms with van der Waals surface area (Å²) in [5.74, 6) is -1.68. The number of methoxy groups -OCH3 is 1. The number of hydrogen-bond donors (Lipinski definition) is 1. The van der Waals surface area contributed by atoms with Crippen LogP contribution in [0.15, 0.2) is 18.2 Å². The van der Waals surface area contributed by atoms with Crippen LogP contribution < -0.4 is 0 Å². The average Bonchev–Trinajstić information content (AvgIpc) is 2.26. The van der Waals surface area contributed by atoms with Crippen molar-refractivity contribution >= 4 is 11.9 Å². The number of esters is 1. The molecule has 16 heavy (non-hydrogen) atoms. The summed E-state index contributed by atoms with van der Waals surface area (Å²) in [5.41, 5.74) is 0.943. The number of carboxylic acids is 1. The van der Waals surface area contributed by atoms with E-state index < -0.39 is 11.9 Å². The van der Waals surface area contributed by atoms with E-state index in [0.717, 1.165) is 0 Å². The van der Waals surface area contributed by atoms with Crippen LogP contribution in [0.1, 0.15) is 26.3 Å². The second kappa shape index (κ2) is 5.27. The normalized spacial score (nSPS) is 9.88. The van der Waals surface area contributed by atoms with Crippen LogP contribution in [-0.2, 0) is 9.47 Å². The van der Waals surface area contributed by atoms with Gasteiger partial charge in [-0.1, -0.05) is 6.07 Å². The number of carbonyl (C=O) groups excluding carboxylic acids is 1. The Labute approximate surface area is 92.6 Å². The molecule has 86 valence electrons. The third-order valence-electron chi connectivity index (χ3n) is 2.01. The molecular formula is C11H12O5. The van der Waals surface area contributed by atoms with Gasteiger partial charge < -0.3 is 14.6 Å². The molecule has 0 fully saturated rings. The number of carboxylic acid groups (broad SMARTS) is 1. The zero-order chi connectivity index (χ0) is 12.1. The summed E-state index contributed by atoms with van der Waals surface area (Å²) in [4.78, 5) is 22.2. The summed E-state index contributed by atoms with van der Waals surface area (Å²) in [6.07, 6.45) is 0. The summed E-state index contributed by atoms with van der Waals surface area (Å²) in [5, 5.41) is 8.78. The fourth-order valence-electron chi connectivity index (χ4n) is 1.17. The van der Waals surface area contributed by atoms with Gasteiger partial charge in [0.1, 0.15) is 0 Å². The van der Waals surface area contributed by atoms with Crippen LogP contribution in [0.4, 0.5) is 0 Å². The van der Waals surface area contributed by atoms with Crippen molar-refractivity contribution in [1.29, 1.82) is 0 Å². The Bertz CT molecular complexity index is 411. The molecule has 1 aromatic rings. The molecule has 0 amide bonds. The Kier molecular flexibility index (Phi) is 4.02. The van der Waals surface area contributed by atoms with Crippen molar-refractivity contribution in [1.82, 2.24) is 0 Å². The number of carbonyl (C=O) groups is 2. The molecule has 0 saturated carbocycles. The van der Waals surface area contributed by atoms with E-state index in [0.29, 0.717) is 5.56 Å². The highest BCUT2D eigenvalue weighted by Crippen LogP contribution is 2.12. The molecule has 0 bridgehead atoms. The molecule has 0 radical (unpaired) electrons. The minimum Gasteiger partial charge on any atom is -0.478 e. The number of aryl methyl sites for hydroxylation is 1. The van der Waals surface area contributed by atoms with E-state index in [1.165, 1.54) is 19.2 Å². The lowest BCUT2D eigenvalue weighted by Crippen LogP contribution is -2.10. The molecule has 0 unspecified atom stereocenters. The Morgan fingerprint density at radius 1 is 1.38 bits per heavy atom. The molecule has 5 nitrogen and oxygen atoms in total. The fraction of sp³-hybridized carbons (Fsp3) is 0.273. The first kappa shape index (κ1) is 12.2. The summed E-state index contributed by atoms with van der Waals surface area (Å²) < 4.78 is 9.33. The Morgan fingerprint density at radius 3 is 2.62 bits per heavy atom. The van der Waals surface area contributed by atoms with Crippen molar-refractivity contribution in [2.45, 2.75) is 6.92 Å². The number of ether oxygens (including phenoxy) is 2. The SMILES string of the molecule is COCOC(=O)c1cc(C(=O)O)ccc1C.